The summed E-state index contributed by atoms with van der Waals surface area (Å²) in [5.74, 6) is 1.13. The highest BCUT2D eigenvalue weighted by atomic mass is 32.2. The van der Waals surface area contributed by atoms with Crippen molar-refractivity contribution in [3.05, 3.63) is 72.3 Å². The highest BCUT2D eigenvalue weighted by Crippen LogP contribution is 2.50. The van der Waals surface area contributed by atoms with E-state index in [0.29, 0.717) is 30.2 Å². The number of sulfonamides is 1. The van der Waals surface area contributed by atoms with Crippen molar-refractivity contribution in [1.29, 1.82) is 0 Å². The van der Waals surface area contributed by atoms with E-state index in [1.54, 1.807) is 38.5 Å². The third-order valence-electron chi connectivity index (χ3n) is 7.57. The number of amides is 1. The molecule has 0 aromatic heterocycles. The van der Waals surface area contributed by atoms with E-state index in [-0.39, 0.29) is 27.7 Å². The molecule has 206 valence electrons. The highest BCUT2D eigenvalue weighted by Gasteiger charge is 2.51. The molecule has 2 N–H and O–H groups in total. The Morgan fingerprint density at radius 3 is 2.42 bits per heavy atom. The van der Waals surface area contributed by atoms with Crippen LogP contribution in [0.5, 0.6) is 11.5 Å². The smallest absolute Gasteiger partial charge is 0.243 e. The number of carbonyl (C=O) groups excluding carboxylic acids is 1. The van der Waals surface area contributed by atoms with Gasteiger partial charge in [0.05, 0.1) is 31.1 Å². The number of rotatable bonds is 9. The van der Waals surface area contributed by atoms with Crippen molar-refractivity contribution >= 4 is 21.6 Å². The molecule has 0 spiro atoms. The summed E-state index contributed by atoms with van der Waals surface area (Å²) in [6.45, 7) is 0.241. The Kier molecular flexibility index (Phi) is 7.17. The first-order chi connectivity index (χ1) is 18.3. The lowest BCUT2D eigenvalue weighted by Gasteiger charge is -2.22. The maximum absolute atomic E-state index is 13.4. The van der Waals surface area contributed by atoms with Gasteiger partial charge >= 0.3 is 0 Å². The summed E-state index contributed by atoms with van der Waals surface area (Å²) in [5, 5.41) is 12.6. The Balaban J connectivity index is 0.00000196. The summed E-state index contributed by atoms with van der Waals surface area (Å²) >= 11 is 0. The lowest BCUT2D eigenvalue weighted by molar-refractivity contribution is -0.118. The summed E-state index contributed by atoms with van der Waals surface area (Å²) in [4.78, 5) is 13.6. The van der Waals surface area contributed by atoms with Crippen molar-refractivity contribution in [2.24, 2.45) is 0 Å². The zero-order valence-corrected chi connectivity index (χ0v) is 22.3. The van der Waals surface area contributed by atoms with Gasteiger partial charge in [-0.15, -0.1) is 0 Å². The number of hydrogen-bond donors (Lipinski definition) is 2. The number of carbonyl (C=O) groups is 1. The number of aliphatic hydroxyl groups excluding tert-OH is 1. The SMILES string of the molecule is COc1ccc(C2(C(=O)Nc3cccc(-c4ccc(S(=O)(=O)N5CCC[C@@H]5CO)cc4)c3)CC2)cc1OC.[HH].[HH].[HH]. The van der Waals surface area contributed by atoms with E-state index >= 15 is 0 Å². The maximum Gasteiger partial charge on any atom is 0.243 e. The van der Waals surface area contributed by atoms with Crippen LogP contribution in [0.2, 0.25) is 0 Å². The topological polar surface area (TPSA) is 105 Å². The minimum Gasteiger partial charge on any atom is -0.493 e. The Morgan fingerprint density at radius 2 is 1.76 bits per heavy atom. The van der Waals surface area contributed by atoms with Gasteiger partial charge < -0.3 is 19.9 Å². The lowest BCUT2D eigenvalue weighted by atomic mass is 9.94. The first-order valence-electron chi connectivity index (χ1n) is 12.7. The molecule has 3 aromatic rings. The average Bonchev–Trinajstić information content (AvgIpc) is 3.62. The second kappa shape index (κ2) is 10.4. The first-order valence-corrected chi connectivity index (χ1v) is 14.1. The predicted octanol–water partition coefficient (Wildman–Crippen LogP) is 4.92. The summed E-state index contributed by atoms with van der Waals surface area (Å²) in [6.07, 6.45) is 2.91. The molecular weight excluding hydrogens is 504 g/mol. The molecule has 1 atom stereocenters. The van der Waals surface area contributed by atoms with Gasteiger partial charge in [0.1, 0.15) is 0 Å². The Morgan fingerprint density at radius 1 is 1.03 bits per heavy atom. The molecule has 0 bridgehead atoms. The van der Waals surface area contributed by atoms with E-state index in [9.17, 15) is 18.3 Å². The van der Waals surface area contributed by atoms with Crippen LogP contribution in [0.3, 0.4) is 0 Å². The average molecular weight is 543 g/mol. The van der Waals surface area contributed by atoms with Crippen molar-refractivity contribution in [1.82, 2.24) is 4.31 Å². The van der Waals surface area contributed by atoms with E-state index in [1.165, 1.54) is 4.31 Å². The van der Waals surface area contributed by atoms with Crippen molar-refractivity contribution in [3.8, 4) is 22.6 Å². The fourth-order valence-electron chi connectivity index (χ4n) is 5.20. The maximum atomic E-state index is 13.4. The molecule has 1 amide bonds. The molecule has 2 fully saturated rings. The van der Waals surface area contributed by atoms with Gasteiger partial charge in [-0.1, -0.05) is 30.3 Å². The summed E-state index contributed by atoms with van der Waals surface area (Å²) in [6, 6.07) is 19.5. The Labute approximate surface area is 227 Å². The minimum atomic E-state index is -3.67. The quantitative estimate of drug-likeness (QED) is 0.398. The lowest BCUT2D eigenvalue weighted by Crippen LogP contribution is -2.37. The van der Waals surface area contributed by atoms with Gasteiger partial charge in [-0.05, 0) is 78.8 Å². The predicted molar refractivity (Wildman–Crippen MR) is 151 cm³/mol. The van der Waals surface area contributed by atoms with Gasteiger partial charge in [-0.2, -0.15) is 4.31 Å². The molecule has 38 heavy (non-hydrogen) atoms. The van der Waals surface area contributed by atoms with Gasteiger partial charge in [0.15, 0.2) is 11.5 Å². The van der Waals surface area contributed by atoms with Crippen LogP contribution in [0.1, 0.15) is 35.5 Å². The normalized spacial score (nSPS) is 18.7. The molecule has 3 aromatic carbocycles. The molecule has 1 saturated carbocycles. The van der Waals surface area contributed by atoms with Gasteiger partial charge in [0.25, 0.3) is 0 Å². The van der Waals surface area contributed by atoms with E-state index in [2.05, 4.69) is 5.32 Å². The van der Waals surface area contributed by atoms with Crippen LogP contribution in [-0.4, -0.2) is 57.1 Å². The second-order valence-electron chi connectivity index (χ2n) is 9.81. The second-order valence-corrected chi connectivity index (χ2v) is 11.7. The summed E-state index contributed by atoms with van der Waals surface area (Å²) in [5.41, 5.74) is 2.65. The molecule has 0 radical (unpaired) electrons. The number of nitrogens with zero attached hydrogens (tertiary/aromatic N) is 1. The number of ether oxygens (including phenoxy) is 2. The zero-order valence-electron chi connectivity index (χ0n) is 21.5. The van der Waals surface area contributed by atoms with Crippen molar-refractivity contribution in [2.45, 2.75) is 42.0 Å². The molecule has 8 nitrogen and oxygen atoms in total. The fraction of sp³-hybridized carbons (Fsp3) is 0.345. The summed E-state index contributed by atoms with van der Waals surface area (Å²) in [7, 11) is -0.512. The standard InChI is InChI=1S/C29H32N2O6S.3H2/c1-36-26-13-10-22(18-27(26)37-2)29(14-15-29)28(33)30-23-6-3-5-21(17-23)20-8-11-25(12-9-20)38(34,35)31-16-4-7-24(31)19-32;;;/h3,5-6,8-13,17-18,24,32H,4,7,14-16,19H2,1-2H3,(H,30,33);3*1H/t24-;;;/m1.../s1. The van der Waals surface area contributed by atoms with Crippen LogP contribution in [0.25, 0.3) is 11.1 Å². The Hall–Kier alpha value is -3.40. The monoisotopic (exact) mass is 542 g/mol. The fourth-order valence-corrected chi connectivity index (χ4v) is 6.88. The van der Waals surface area contributed by atoms with E-state index in [4.69, 9.17) is 9.47 Å². The zero-order chi connectivity index (χ0) is 26.9. The third-order valence-corrected chi connectivity index (χ3v) is 9.54. The van der Waals surface area contributed by atoms with Crippen molar-refractivity contribution in [3.63, 3.8) is 0 Å². The van der Waals surface area contributed by atoms with Crippen LogP contribution in [0, 0.1) is 0 Å². The molecule has 1 saturated heterocycles. The molecule has 5 rings (SSSR count). The minimum absolute atomic E-state index is 0. The van der Waals surface area contributed by atoms with Crippen LogP contribution in [-0.2, 0) is 20.2 Å². The number of hydrogen-bond acceptors (Lipinski definition) is 6. The van der Waals surface area contributed by atoms with Crippen LogP contribution >= 0.6 is 0 Å². The molecule has 9 heteroatoms. The molecular formula is C29H38N2O6S. The molecule has 1 heterocycles. The summed E-state index contributed by atoms with van der Waals surface area (Å²) < 4.78 is 38.3. The third kappa shape index (κ3) is 4.77. The molecule has 2 aliphatic rings. The number of nitrogens with one attached hydrogen (secondary N) is 1. The van der Waals surface area contributed by atoms with Crippen LogP contribution in [0.4, 0.5) is 5.69 Å². The molecule has 1 aliphatic heterocycles. The van der Waals surface area contributed by atoms with E-state index in [0.717, 1.165) is 36.0 Å². The van der Waals surface area contributed by atoms with E-state index in [1.807, 2.05) is 42.5 Å². The van der Waals surface area contributed by atoms with Gasteiger partial charge in [-0.25, -0.2) is 8.42 Å². The van der Waals surface area contributed by atoms with Crippen molar-refractivity contribution in [2.75, 3.05) is 32.7 Å². The number of aliphatic hydroxyl groups is 1. The van der Waals surface area contributed by atoms with Gasteiger partial charge in [0, 0.05) is 22.6 Å². The molecule has 1 aliphatic carbocycles. The van der Waals surface area contributed by atoms with Crippen LogP contribution in [0.15, 0.2) is 71.6 Å². The van der Waals surface area contributed by atoms with E-state index < -0.39 is 15.4 Å². The van der Waals surface area contributed by atoms with Gasteiger partial charge in [-0.3, -0.25) is 4.79 Å². The Bertz CT molecular complexity index is 1450. The largest absolute Gasteiger partial charge is 0.493 e. The first kappa shape index (κ1) is 26.2. The molecule has 0 unspecified atom stereocenters. The van der Waals surface area contributed by atoms with Crippen LogP contribution < -0.4 is 14.8 Å². The van der Waals surface area contributed by atoms with Gasteiger partial charge in [0.2, 0.25) is 15.9 Å². The number of benzene rings is 3. The highest BCUT2D eigenvalue weighted by molar-refractivity contribution is 7.89. The number of anilines is 1. The van der Waals surface area contributed by atoms with Crippen molar-refractivity contribution < 1.29 is 32.1 Å². The number of methoxy groups -OCH3 is 2.